The number of nitrogens with one attached hydrogen (secondary N) is 1. The number of hydrogen-bond acceptors (Lipinski definition) is 6. The highest BCUT2D eigenvalue weighted by Gasteiger charge is 2.15. The predicted molar refractivity (Wildman–Crippen MR) is 61.1 cm³/mol. The molecule has 0 saturated carbocycles. The fourth-order valence-corrected chi connectivity index (χ4v) is 1.37. The van der Waals surface area contributed by atoms with E-state index >= 15 is 0 Å². The monoisotopic (exact) mass is 221 g/mol. The molecule has 0 fully saturated rings. The number of rotatable bonds is 3. The maximum Gasteiger partial charge on any atom is 0.263 e. The number of nitrogens with zero attached hydrogens (tertiary/aromatic N) is 3. The van der Waals surface area contributed by atoms with Crippen molar-refractivity contribution in [3.05, 3.63) is 12.0 Å². The van der Waals surface area contributed by atoms with Gasteiger partial charge in [-0.3, -0.25) is 0 Å². The first-order chi connectivity index (χ1) is 7.47. The van der Waals surface area contributed by atoms with Gasteiger partial charge in [0.05, 0.1) is 5.69 Å². The van der Waals surface area contributed by atoms with E-state index in [0.717, 1.165) is 11.1 Å². The Bertz CT molecular complexity index is 499. The number of hydrogen-bond donors (Lipinski definition) is 2. The zero-order chi connectivity index (χ0) is 11.8. The topological polar surface area (TPSA) is 89.9 Å². The lowest BCUT2D eigenvalue weighted by Gasteiger charge is -2.19. The molecule has 0 aliphatic heterocycles. The fraction of sp³-hybridized carbons (Fsp3) is 0.500. The van der Waals surface area contributed by atoms with Gasteiger partial charge in [0.15, 0.2) is 0 Å². The van der Waals surface area contributed by atoms with Crippen LogP contribution in [-0.2, 0) is 0 Å². The fourth-order valence-electron chi connectivity index (χ4n) is 1.37. The van der Waals surface area contributed by atoms with E-state index < -0.39 is 0 Å². The molecular formula is C10H15N5O. The standard InChI is InChI=1S/C10H15N5O/c1-6-7-8(12-4-10(2,3)11)13-5-14-9(7)16-15-6/h5H,4,11H2,1-3H3,(H,12,13,14). The van der Waals surface area contributed by atoms with Crippen molar-refractivity contribution < 1.29 is 4.52 Å². The second kappa shape index (κ2) is 3.71. The largest absolute Gasteiger partial charge is 0.367 e. The third-order valence-corrected chi connectivity index (χ3v) is 2.15. The van der Waals surface area contributed by atoms with Crippen LogP contribution in [0.1, 0.15) is 19.5 Å². The molecule has 0 bridgehead atoms. The molecule has 0 aromatic carbocycles. The average Bonchev–Trinajstić information content (AvgIpc) is 2.57. The van der Waals surface area contributed by atoms with Crippen molar-refractivity contribution in [2.24, 2.45) is 5.73 Å². The van der Waals surface area contributed by atoms with Gasteiger partial charge in [-0.1, -0.05) is 5.16 Å². The number of fused-ring (bicyclic) bond motifs is 1. The molecule has 2 aromatic heterocycles. The molecule has 3 N–H and O–H groups in total. The third-order valence-electron chi connectivity index (χ3n) is 2.15. The minimum atomic E-state index is -0.303. The van der Waals surface area contributed by atoms with Crippen molar-refractivity contribution in [2.45, 2.75) is 26.3 Å². The highest BCUT2D eigenvalue weighted by molar-refractivity contribution is 5.87. The van der Waals surface area contributed by atoms with Crippen molar-refractivity contribution in [3.8, 4) is 0 Å². The Hall–Kier alpha value is -1.69. The highest BCUT2D eigenvalue weighted by atomic mass is 16.5. The normalized spacial score (nSPS) is 12.0. The van der Waals surface area contributed by atoms with Gasteiger partial charge >= 0.3 is 0 Å². The van der Waals surface area contributed by atoms with E-state index in [1.165, 1.54) is 6.33 Å². The van der Waals surface area contributed by atoms with Crippen LogP contribution >= 0.6 is 0 Å². The van der Waals surface area contributed by atoms with Crippen LogP contribution in [0.5, 0.6) is 0 Å². The van der Waals surface area contributed by atoms with E-state index in [1.807, 2.05) is 20.8 Å². The second-order valence-corrected chi connectivity index (χ2v) is 4.51. The van der Waals surface area contributed by atoms with Crippen molar-refractivity contribution in [2.75, 3.05) is 11.9 Å². The quantitative estimate of drug-likeness (QED) is 0.805. The summed E-state index contributed by atoms with van der Waals surface area (Å²) in [7, 11) is 0. The first kappa shape index (κ1) is 10.8. The van der Waals surface area contributed by atoms with Gasteiger partial charge in [-0.2, -0.15) is 4.98 Å². The zero-order valence-electron chi connectivity index (χ0n) is 9.61. The first-order valence-corrected chi connectivity index (χ1v) is 5.07. The molecule has 0 spiro atoms. The molecule has 0 aliphatic carbocycles. The second-order valence-electron chi connectivity index (χ2n) is 4.51. The van der Waals surface area contributed by atoms with Crippen LogP contribution in [0.3, 0.4) is 0 Å². The molecule has 86 valence electrons. The summed E-state index contributed by atoms with van der Waals surface area (Å²) < 4.78 is 5.05. The maximum atomic E-state index is 5.90. The van der Waals surface area contributed by atoms with E-state index in [1.54, 1.807) is 0 Å². The van der Waals surface area contributed by atoms with Gasteiger partial charge in [0, 0.05) is 12.1 Å². The van der Waals surface area contributed by atoms with Gasteiger partial charge in [0.25, 0.3) is 5.71 Å². The number of aryl methyl sites for hydroxylation is 1. The van der Waals surface area contributed by atoms with E-state index in [9.17, 15) is 0 Å². The minimum absolute atomic E-state index is 0.303. The summed E-state index contributed by atoms with van der Waals surface area (Å²) in [6.45, 7) is 6.36. The summed E-state index contributed by atoms with van der Waals surface area (Å²) in [5.41, 5.74) is 6.85. The van der Waals surface area contributed by atoms with Crippen LogP contribution < -0.4 is 11.1 Å². The molecule has 0 unspecified atom stereocenters. The van der Waals surface area contributed by atoms with Gasteiger partial charge in [-0.25, -0.2) is 4.98 Å². The van der Waals surface area contributed by atoms with E-state index in [-0.39, 0.29) is 5.54 Å². The Morgan fingerprint density at radius 2 is 2.19 bits per heavy atom. The lowest BCUT2D eigenvalue weighted by atomic mass is 10.1. The highest BCUT2D eigenvalue weighted by Crippen LogP contribution is 2.22. The number of anilines is 1. The third kappa shape index (κ3) is 2.11. The van der Waals surface area contributed by atoms with Gasteiger partial charge < -0.3 is 15.6 Å². The van der Waals surface area contributed by atoms with Crippen molar-refractivity contribution >= 4 is 16.9 Å². The molecule has 2 heterocycles. The minimum Gasteiger partial charge on any atom is -0.367 e. The zero-order valence-corrected chi connectivity index (χ0v) is 9.61. The van der Waals surface area contributed by atoms with Crippen LogP contribution in [0.4, 0.5) is 5.82 Å². The summed E-state index contributed by atoms with van der Waals surface area (Å²) in [5.74, 6) is 0.710. The lowest BCUT2D eigenvalue weighted by molar-refractivity contribution is 0.442. The number of nitrogens with two attached hydrogens (primary N) is 1. The Balaban J connectivity index is 2.33. The molecule has 0 aliphatic rings. The molecule has 6 heteroatoms. The van der Waals surface area contributed by atoms with Crippen LogP contribution in [-0.4, -0.2) is 27.2 Å². The molecule has 16 heavy (non-hydrogen) atoms. The lowest BCUT2D eigenvalue weighted by Crippen LogP contribution is -2.39. The molecule has 0 atom stereocenters. The summed E-state index contributed by atoms with van der Waals surface area (Å²) in [6, 6.07) is 0. The van der Waals surface area contributed by atoms with Crippen LogP contribution in [0.15, 0.2) is 10.9 Å². The van der Waals surface area contributed by atoms with Gasteiger partial charge in [-0.15, -0.1) is 0 Å². The van der Waals surface area contributed by atoms with Crippen molar-refractivity contribution in [1.82, 2.24) is 15.1 Å². The summed E-state index contributed by atoms with van der Waals surface area (Å²) >= 11 is 0. The van der Waals surface area contributed by atoms with E-state index in [0.29, 0.717) is 18.1 Å². The molecular weight excluding hydrogens is 206 g/mol. The smallest absolute Gasteiger partial charge is 0.263 e. The van der Waals surface area contributed by atoms with E-state index in [4.69, 9.17) is 10.3 Å². The maximum absolute atomic E-state index is 5.90. The van der Waals surface area contributed by atoms with E-state index in [2.05, 4.69) is 20.4 Å². The van der Waals surface area contributed by atoms with Gasteiger partial charge in [-0.05, 0) is 20.8 Å². The molecule has 0 radical (unpaired) electrons. The number of aromatic nitrogens is 3. The van der Waals surface area contributed by atoms with Crippen LogP contribution in [0.25, 0.3) is 11.1 Å². The summed E-state index contributed by atoms with van der Waals surface area (Å²) in [4.78, 5) is 8.16. The Labute approximate surface area is 93.2 Å². The Morgan fingerprint density at radius 3 is 2.88 bits per heavy atom. The Kier molecular flexibility index (Phi) is 2.51. The molecule has 2 rings (SSSR count). The molecule has 0 saturated heterocycles. The first-order valence-electron chi connectivity index (χ1n) is 5.07. The van der Waals surface area contributed by atoms with Crippen LogP contribution in [0.2, 0.25) is 0 Å². The summed E-state index contributed by atoms with van der Waals surface area (Å²) in [5, 5.41) is 7.84. The molecule has 2 aromatic rings. The average molecular weight is 221 g/mol. The van der Waals surface area contributed by atoms with Crippen LogP contribution in [0, 0.1) is 6.92 Å². The van der Waals surface area contributed by atoms with Crippen molar-refractivity contribution in [1.29, 1.82) is 0 Å². The molecule has 0 amide bonds. The van der Waals surface area contributed by atoms with Gasteiger partial charge in [0.1, 0.15) is 17.5 Å². The summed E-state index contributed by atoms with van der Waals surface area (Å²) in [6.07, 6.45) is 1.44. The Morgan fingerprint density at radius 1 is 1.44 bits per heavy atom. The molecule has 6 nitrogen and oxygen atoms in total. The van der Waals surface area contributed by atoms with Crippen molar-refractivity contribution in [3.63, 3.8) is 0 Å². The SMILES string of the molecule is Cc1noc2ncnc(NCC(C)(C)N)c12. The van der Waals surface area contributed by atoms with Gasteiger partial charge in [0.2, 0.25) is 0 Å². The predicted octanol–water partition coefficient (Wildman–Crippen LogP) is 1.08.